The third-order valence-electron chi connectivity index (χ3n) is 3.15. The fourth-order valence-electron chi connectivity index (χ4n) is 2.02. The van der Waals surface area contributed by atoms with Crippen LogP contribution in [0.25, 0.3) is 0 Å². The molecule has 6 heteroatoms. The van der Waals surface area contributed by atoms with Crippen LogP contribution in [-0.4, -0.2) is 25.0 Å². The summed E-state index contributed by atoms with van der Waals surface area (Å²) in [6.45, 7) is 0. The molecule has 0 N–H and O–H groups in total. The van der Waals surface area contributed by atoms with Gasteiger partial charge in [0.25, 0.3) is 0 Å². The van der Waals surface area contributed by atoms with Gasteiger partial charge in [0.2, 0.25) is 0 Å². The maximum absolute atomic E-state index is 12.0. The van der Waals surface area contributed by atoms with Crippen molar-refractivity contribution in [3.05, 3.63) is 59.2 Å². The van der Waals surface area contributed by atoms with E-state index in [0.717, 1.165) is 0 Å². The molecule has 2 aromatic rings. The summed E-state index contributed by atoms with van der Waals surface area (Å²) in [6, 6.07) is 10.5. The lowest BCUT2D eigenvalue weighted by Gasteiger charge is -2.05. The number of hydrogen-bond donors (Lipinski definition) is 0. The van der Waals surface area contributed by atoms with Crippen LogP contribution in [-0.2, 0) is 4.74 Å². The second-order valence-corrected chi connectivity index (χ2v) is 4.50. The van der Waals surface area contributed by atoms with Crippen LogP contribution in [0.3, 0.4) is 0 Å². The molecule has 1 aliphatic heterocycles. The summed E-state index contributed by atoms with van der Waals surface area (Å²) in [5.41, 5.74) is 0.583. The lowest BCUT2D eigenvalue weighted by Crippen LogP contribution is -2.08. The lowest BCUT2D eigenvalue weighted by molar-refractivity contribution is 0.0442. The Morgan fingerprint density at radius 3 is 2.23 bits per heavy atom. The maximum atomic E-state index is 12.0. The first-order chi connectivity index (χ1) is 10.6. The number of rotatable bonds is 3. The molecule has 110 valence electrons. The van der Waals surface area contributed by atoms with Crippen LogP contribution in [0, 0.1) is 0 Å². The molecule has 0 saturated heterocycles. The molecule has 0 atom stereocenters. The fraction of sp³-hybridized carbons (Fsp3) is 0.0625. The number of carbonyl (C=O) groups is 3. The molecule has 1 aliphatic rings. The number of ether oxygens (including phenoxy) is 3. The largest absolute Gasteiger partial charge is 0.497 e. The fourth-order valence-corrected chi connectivity index (χ4v) is 2.02. The Kier molecular flexibility index (Phi) is 3.34. The van der Waals surface area contributed by atoms with Crippen LogP contribution in [0.2, 0.25) is 0 Å². The number of fused-ring (bicyclic) bond motifs is 1. The smallest absolute Gasteiger partial charge is 0.347 e. The van der Waals surface area contributed by atoms with E-state index in [1.54, 1.807) is 24.3 Å². The number of benzene rings is 2. The number of carbonyl (C=O) groups excluding carboxylic acids is 3. The molecule has 2 aromatic carbocycles. The molecular weight excluding hydrogens is 288 g/mol. The van der Waals surface area contributed by atoms with Crippen LogP contribution < -0.4 is 9.47 Å². The number of methoxy groups -OCH3 is 1. The zero-order chi connectivity index (χ0) is 15.7. The third-order valence-corrected chi connectivity index (χ3v) is 3.15. The number of hydrogen-bond acceptors (Lipinski definition) is 6. The van der Waals surface area contributed by atoms with Gasteiger partial charge in [-0.25, -0.2) is 14.4 Å². The molecule has 0 bridgehead atoms. The molecule has 3 rings (SSSR count). The summed E-state index contributed by atoms with van der Waals surface area (Å²) in [5, 5.41) is 0. The molecule has 0 radical (unpaired) electrons. The highest BCUT2D eigenvalue weighted by Gasteiger charge is 2.30. The molecule has 0 fully saturated rings. The van der Waals surface area contributed by atoms with Crippen molar-refractivity contribution in [2.75, 3.05) is 7.11 Å². The minimum atomic E-state index is -0.748. The van der Waals surface area contributed by atoms with Crippen LogP contribution in [0.1, 0.15) is 31.1 Å². The number of cyclic esters (lactones) is 2. The molecule has 1 heterocycles. The van der Waals surface area contributed by atoms with Crippen molar-refractivity contribution in [3.63, 3.8) is 0 Å². The van der Waals surface area contributed by atoms with E-state index in [0.29, 0.717) is 11.3 Å². The average Bonchev–Trinajstić information content (AvgIpc) is 2.81. The van der Waals surface area contributed by atoms with E-state index in [-0.39, 0.29) is 16.9 Å². The van der Waals surface area contributed by atoms with Crippen LogP contribution in [0.15, 0.2) is 42.5 Å². The standard InChI is InChI=1S/C16H10O6/c1-20-10-4-2-9(3-5-10)14(17)21-11-6-7-12-13(8-11)16(19)22-15(12)18/h2-8H,1H3. The average molecular weight is 298 g/mol. The van der Waals surface area contributed by atoms with Crippen molar-refractivity contribution in [3.8, 4) is 11.5 Å². The van der Waals surface area contributed by atoms with Gasteiger partial charge in [-0.05, 0) is 42.5 Å². The van der Waals surface area contributed by atoms with Gasteiger partial charge in [-0.15, -0.1) is 0 Å². The maximum Gasteiger partial charge on any atom is 0.347 e. The van der Waals surface area contributed by atoms with Gasteiger partial charge in [-0.3, -0.25) is 0 Å². The van der Waals surface area contributed by atoms with E-state index in [4.69, 9.17) is 9.47 Å². The zero-order valence-corrected chi connectivity index (χ0v) is 11.5. The van der Waals surface area contributed by atoms with Gasteiger partial charge in [0.05, 0.1) is 23.8 Å². The van der Waals surface area contributed by atoms with Gasteiger partial charge in [0, 0.05) is 0 Å². The lowest BCUT2D eigenvalue weighted by atomic mass is 10.1. The molecule has 0 aromatic heterocycles. The van der Waals surface area contributed by atoms with Gasteiger partial charge < -0.3 is 14.2 Å². The second-order valence-electron chi connectivity index (χ2n) is 4.50. The summed E-state index contributed by atoms with van der Waals surface area (Å²) in [5.74, 6) is -1.25. The molecule has 0 aliphatic carbocycles. The molecule has 22 heavy (non-hydrogen) atoms. The van der Waals surface area contributed by atoms with Crippen molar-refractivity contribution < 1.29 is 28.6 Å². The first-order valence-corrected chi connectivity index (χ1v) is 6.35. The zero-order valence-electron chi connectivity index (χ0n) is 11.5. The van der Waals surface area contributed by atoms with Crippen molar-refractivity contribution in [2.45, 2.75) is 0 Å². The number of esters is 3. The minimum Gasteiger partial charge on any atom is -0.497 e. The minimum absolute atomic E-state index is 0.0880. The van der Waals surface area contributed by atoms with Crippen molar-refractivity contribution >= 4 is 17.9 Å². The van der Waals surface area contributed by atoms with Crippen LogP contribution in [0.5, 0.6) is 11.5 Å². The predicted octanol–water partition coefficient (Wildman–Crippen LogP) is 2.22. The first kappa shape index (κ1) is 13.8. The van der Waals surface area contributed by atoms with Crippen molar-refractivity contribution in [1.29, 1.82) is 0 Å². The van der Waals surface area contributed by atoms with E-state index in [9.17, 15) is 14.4 Å². The Bertz CT molecular complexity index is 776. The normalized spacial score (nSPS) is 12.6. The van der Waals surface area contributed by atoms with E-state index < -0.39 is 17.9 Å². The van der Waals surface area contributed by atoms with E-state index in [1.807, 2.05) is 0 Å². The van der Waals surface area contributed by atoms with Gasteiger partial charge >= 0.3 is 17.9 Å². The summed E-state index contributed by atoms with van der Waals surface area (Å²) in [7, 11) is 1.53. The quantitative estimate of drug-likeness (QED) is 0.491. The van der Waals surface area contributed by atoms with Crippen LogP contribution >= 0.6 is 0 Å². The summed E-state index contributed by atoms with van der Waals surface area (Å²) >= 11 is 0. The van der Waals surface area contributed by atoms with Crippen molar-refractivity contribution in [2.24, 2.45) is 0 Å². The first-order valence-electron chi connectivity index (χ1n) is 6.35. The van der Waals surface area contributed by atoms with Gasteiger partial charge in [-0.1, -0.05) is 0 Å². The topological polar surface area (TPSA) is 78.9 Å². The molecular formula is C16H10O6. The highest BCUT2D eigenvalue weighted by molar-refractivity contribution is 6.14. The summed E-state index contributed by atoms with van der Waals surface area (Å²) < 4.78 is 14.7. The second kappa shape index (κ2) is 5.33. The Labute approximate surface area is 125 Å². The predicted molar refractivity (Wildman–Crippen MR) is 74.1 cm³/mol. The Morgan fingerprint density at radius 1 is 0.909 bits per heavy atom. The third kappa shape index (κ3) is 2.42. The summed E-state index contributed by atoms with van der Waals surface area (Å²) in [4.78, 5) is 34.8. The molecule has 0 amide bonds. The van der Waals surface area contributed by atoms with E-state index in [1.165, 1.54) is 25.3 Å². The molecule has 0 spiro atoms. The van der Waals surface area contributed by atoms with E-state index >= 15 is 0 Å². The summed E-state index contributed by atoms with van der Waals surface area (Å²) in [6.07, 6.45) is 0. The monoisotopic (exact) mass is 298 g/mol. The van der Waals surface area contributed by atoms with Crippen molar-refractivity contribution in [1.82, 2.24) is 0 Å². The molecule has 0 saturated carbocycles. The van der Waals surface area contributed by atoms with Gasteiger partial charge in [-0.2, -0.15) is 0 Å². The highest BCUT2D eigenvalue weighted by atomic mass is 16.6. The van der Waals surface area contributed by atoms with E-state index in [2.05, 4.69) is 4.74 Å². The molecule has 6 nitrogen and oxygen atoms in total. The van der Waals surface area contributed by atoms with Gasteiger partial charge in [0.1, 0.15) is 11.5 Å². The molecule has 0 unspecified atom stereocenters. The Morgan fingerprint density at radius 2 is 1.55 bits per heavy atom. The Balaban J connectivity index is 1.81. The van der Waals surface area contributed by atoms with Crippen LogP contribution in [0.4, 0.5) is 0 Å². The Hall–Kier alpha value is -3.15. The highest BCUT2D eigenvalue weighted by Crippen LogP contribution is 2.25. The SMILES string of the molecule is COc1ccc(C(=O)Oc2ccc3c(c2)C(=O)OC3=O)cc1. The van der Waals surface area contributed by atoms with Gasteiger partial charge in [0.15, 0.2) is 0 Å².